The third kappa shape index (κ3) is 3.77. The fourth-order valence-electron chi connectivity index (χ4n) is 2.27. The minimum atomic E-state index is -4.66. The minimum absolute atomic E-state index is 0.0215. The van der Waals surface area contributed by atoms with Gasteiger partial charge in [-0.1, -0.05) is 47.7 Å². The summed E-state index contributed by atoms with van der Waals surface area (Å²) in [7, 11) is 0. The van der Waals surface area contributed by atoms with Crippen molar-refractivity contribution in [1.82, 2.24) is 0 Å². The summed E-state index contributed by atoms with van der Waals surface area (Å²) in [6.45, 7) is 0. The normalized spacial score (nSPS) is 16.7. The van der Waals surface area contributed by atoms with E-state index in [4.69, 9.17) is 23.8 Å². The molecule has 0 aliphatic carbocycles. The van der Waals surface area contributed by atoms with Crippen LogP contribution < -0.4 is 4.90 Å². The Hall–Kier alpha value is -1.90. The zero-order valence-corrected chi connectivity index (χ0v) is 15.1. The lowest BCUT2D eigenvalue weighted by molar-refractivity contribution is -0.137. The number of carbonyl (C=O) groups excluding carboxylic acids is 1. The van der Waals surface area contributed by atoms with Crippen LogP contribution in [0.2, 0.25) is 5.02 Å². The highest BCUT2D eigenvalue weighted by molar-refractivity contribution is 8.27. The Morgan fingerprint density at radius 2 is 1.77 bits per heavy atom. The summed E-state index contributed by atoms with van der Waals surface area (Å²) in [6, 6.07) is 8.58. The first-order valence-corrected chi connectivity index (χ1v) is 8.67. The van der Waals surface area contributed by atoms with Crippen LogP contribution in [0.4, 0.5) is 23.2 Å². The third-order valence-corrected chi connectivity index (χ3v) is 5.11. The van der Waals surface area contributed by atoms with Gasteiger partial charge in [0.1, 0.15) is 5.82 Å². The van der Waals surface area contributed by atoms with Gasteiger partial charge in [0.25, 0.3) is 5.91 Å². The summed E-state index contributed by atoms with van der Waals surface area (Å²) in [5.41, 5.74) is -0.501. The molecule has 1 aliphatic heterocycles. The number of hydrogen-bond acceptors (Lipinski definition) is 3. The van der Waals surface area contributed by atoms with Crippen molar-refractivity contribution in [2.45, 2.75) is 6.18 Å². The van der Waals surface area contributed by atoms with Crippen molar-refractivity contribution in [3.63, 3.8) is 0 Å². The number of halogens is 5. The van der Waals surface area contributed by atoms with E-state index in [1.54, 1.807) is 0 Å². The summed E-state index contributed by atoms with van der Waals surface area (Å²) in [6.07, 6.45) is -3.16. The molecule has 26 heavy (non-hydrogen) atoms. The molecule has 2 aromatic rings. The third-order valence-electron chi connectivity index (χ3n) is 3.48. The first-order valence-electron chi connectivity index (χ1n) is 7.07. The molecule has 3 rings (SSSR count). The van der Waals surface area contributed by atoms with Crippen LogP contribution in [0.3, 0.4) is 0 Å². The Morgan fingerprint density at radius 1 is 1.12 bits per heavy atom. The monoisotopic (exact) mass is 417 g/mol. The van der Waals surface area contributed by atoms with Crippen LogP contribution in [0.1, 0.15) is 11.1 Å². The zero-order chi connectivity index (χ0) is 19.1. The Kier molecular flexibility index (Phi) is 5.09. The second-order valence-electron chi connectivity index (χ2n) is 5.23. The van der Waals surface area contributed by atoms with E-state index in [0.29, 0.717) is 5.56 Å². The van der Waals surface area contributed by atoms with E-state index in [9.17, 15) is 22.4 Å². The summed E-state index contributed by atoms with van der Waals surface area (Å²) in [5, 5.41) is -0.464. The van der Waals surface area contributed by atoms with Crippen LogP contribution in [0.5, 0.6) is 0 Å². The maximum atomic E-state index is 13.0. The molecular weight excluding hydrogens is 410 g/mol. The van der Waals surface area contributed by atoms with Gasteiger partial charge in [-0.3, -0.25) is 9.69 Å². The maximum absolute atomic E-state index is 13.0. The van der Waals surface area contributed by atoms with Gasteiger partial charge in [0.2, 0.25) is 0 Å². The standard InChI is InChI=1S/C17H8ClF4NOS2/c18-13-6-5-11(8-12(13)17(20,21)22)23-15(24)14(26-16(23)25)7-9-1-3-10(19)4-2-9/h1-8H. The summed E-state index contributed by atoms with van der Waals surface area (Å²) >= 11 is 11.7. The van der Waals surface area contributed by atoms with Gasteiger partial charge in [0.05, 0.1) is 21.2 Å². The van der Waals surface area contributed by atoms with E-state index in [1.807, 2.05) is 0 Å². The van der Waals surface area contributed by atoms with Crippen molar-refractivity contribution in [3.05, 3.63) is 69.3 Å². The zero-order valence-electron chi connectivity index (χ0n) is 12.7. The molecule has 0 bridgehead atoms. The quantitative estimate of drug-likeness (QED) is 0.344. The van der Waals surface area contributed by atoms with E-state index in [2.05, 4.69) is 0 Å². The summed E-state index contributed by atoms with van der Waals surface area (Å²) in [4.78, 5) is 13.8. The van der Waals surface area contributed by atoms with Crippen molar-refractivity contribution in [3.8, 4) is 0 Å². The Labute approximate surface area is 160 Å². The van der Waals surface area contributed by atoms with Gasteiger partial charge in [-0.05, 0) is 42.0 Å². The van der Waals surface area contributed by atoms with Crippen molar-refractivity contribution in [2.24, 2.45) is 0 Å². The molecule has 1 heterocycles. The minimum Gasteiger partial charge on any atom is -0.268 e. The molecule has 0 saturated carbocycles. The lowest BCUT2D eigenvalue weighted by Gasteiger charge is -2.17. The van der Waals surface area contributed by atoms with Gasteiger partial charge < -0.3 is 0 Å². The lowest BCUT2D eigenvalue weighted by Crippen LogP contribution is -2.27. The number of nitrogens with zero attached hydrogens (tertiary/aromatic N) is 1. The highest BCUT2D eigenvalue weighted by atomic mass is 35.5. The van der Waals surface area contributed by atoms with Crippen LogP contribution >= 0.6 is 35.6 Å². The number of thiocarbonyl (C=S) groups is 1. The molecule has 1 saturated heterocycles. The lowest BCUT2D eigenvalue weighted by atomic mass is 10.1. The SMILES string of the molecule is O=C1C(=Cc2ccc(F)cc2)SC(=S)N1c1ccc(Cl)c(C(F)(F)F)c1. The summed E-state index contributed by atoms with van der Waals surface area (Å²) in [5.74, 6) is -0.977. The molecule has 9 heteroatoms. The molecular formula is C17H8ClF4NOS2. The molecule has 1 amide bonds. The van der Waals surface area contributed by atoms with Crippen LogP contribution in [0, 0.1) is 5.82 Å². The predicted molar refractivity (Wildman–Crippen MR) is 98.5 cm³/mol. The molecule has 0 atom stereocenters. The maximum Gasteiger partial charge on any atom is 0.417 e. The van der Waals surface area contributed by atoms with E-state index >= 15 is 0 Å². The van der Waals surface area contributed by atoms with E-state index in [1.165, 1.54) is 36.4 Å². The predicted octanol–water partition coefficient (Wildman–Crippen LogP) is 5.90. The average molecular weight is 418 g/mol. The van der Waals surface area contributed by atoms with Gasteiger partial charge >= 0.3 is 6.18 Å². The molecule has 0 radical (unpaired) electrons. The fourth-order valence-corrected chi connectivity index (χ4v) is 3.79. The molecule has 2 nitrogen and oxygen atoms in total. The Morgan fingerprint density at radius 3 is 2.38 bits per heavy atom. The molecule has 1 fully saturated rings. The van der Waals surface area contributed by atoms with Gasteiger partial charge in [-0.25, -0.2) is 4.39 Å². The van der Waals surface area contributed by atoms with Gasteiger partial charge in [0, 0.05) is 0 Å². The average Bonchev–Trinajstić information content (AvgIpc) is 2.83. The molecule has 134 valence electrons. The van der Waals surface area contributed by atoms with Crippen LogP contribution in [-0.4, -0.2) is 10.2 Å². The molecule has 0 N–H and O–H groups in total. The number of anilines is 1. The topological polar surface area (TPSA) is 20.3 Å². The second-order valence-corrected chi connectivity index (χ2v) is 7.31. The second kappa shape index (κ2) is 7.02. The van der Waals surface area contributed by atoms with E-state index < -0.39 is 28.5 Å². The number of thioether (sulfide) groups is 1. The number of rotatable bonds is 2. The highest BCUT2D eigenvalue weighted by Gasteiger charge is 2.37. The van der Waals surface area contributed by atoms with Gasteiger partial charge in [0.15, 0.2) is 4.32 Å². The first kappa shape index (κ1) is 18.9. The fraction of sp³-hybridized carbons (Fsp3) is 0.0588. The van der Waals surface area contributed by atoms with E-state index in [0.717, 1.165) is 28.8 Å². The van der Waals surface area contributed by atoms with Crippen molar-refractivity contribution in [1.29, 1.82) is 0 Å². The Balaban J connectivity index is 1.96. The highest BCUT2D eigenvalue weighted by Crippen LogP contribution is 2.40. The van der Waals surface area contributed by atoms with Gasteiger partial charge in [-0.15, -0.1) is 0 Å². The summed E-state index contributed by atoms with van der Waals surface area (Å²) < 4.78 is 52.2. The number of amides is 1. The molecule has 0 spiro atoms. The van der Waals surface area contributed by atoms with Crippen LogP contribution in [-0.2, 0) is 11.0 Å². The number of alkyl halides is 3. The molecule has 2 aromatic carbocycles. The van der Waals surface area contributed by atoms with Crippen LogP contribution in [0.25, 0.3) is 6.08 Å². The van der Waals surface area contributed by atoms with Crippen molar-refractivity contribution < 1.29 is 22.4 Å². The largest absolute Gasteiger partial charge is 0.417 e. The van der Waals surface area contributed by atoms with Crippen LogP contribution in [0.15, 0.2) is 47.4 Å². The number of hydrogen-bond donors (Lipinski definition) is 0. The molecule has 1 aliphatic rings. The first-order chi connectivity index (χ1) is 12.2. The Bertz CT molecular complexity index is 925. The van der Waals surface area contributed by atoms with Gasteiger partial charge in [-0.2, -0.15) is 13.2 Å². The number of carbonyl (C=O) groups is 1. The number of benzene rings is 2. The molecule has 0 aromatic heterocycles. The molecule has 0 unspecified atom stereocenters. The van der Waals surface area contributed by atoms with E-state index in [-0.39, 0.29) is 14.9 Å². The van der Waals surface area contributed by atoms with Crippen molar-refractivity contribution >= 4 is 57.6 Å². The smallest absolute Gasteiger partial charge is 0.268 e. The van der Waals surface area contributed by atoms with Crippen molar-refractivity contribution in [2.75, 3.05) is 4.90 Å².